The van der Waals surface area contributed by atoms with Gasteiger partial charge in [0, 0.05) is 13.1 Å². The van der Waals surface area contributed by atoms with E-state index in [0.29, 0.717) is 23.2 Å². The molecule has 2 N–H and O–H groups in total. The predicted octanol–water partition coefficient (Wildman–Crippen LogP) is 4.78. The Kier molecular flexibility index (Phi) is 7.12. The third kappa shape index (κ3) is 5.60. The van der Waals surface area contributed by atoms with Gasteiger partial charge in [-0.25, -0.2) is 0 Å². The molecule has 0 saturated heterocycles. The van der Waals surface area contributed by atoms with Gasteiger partial charge in [0.15, 0.2) is 0 Å². The highest BCUT2D eigenvalue weighted by molar-refractivity contribution is 7.81. The van der Waals surface area contributed by atoms with Crippen molar-refractivity contribution in [3.05, 3.63) is 95.1 Å². The van der Waals surface area contributed by atoms with Crippen molar-refractivity contribution in [3.63, 3.8) is 0 Å². The Bertz CT molecular complexity index is 1000. The van der Waals surface area contributed by atoms with Crippen molar-refractivity contribution < 1.29 is 9.47 Å². The number of rotatable bonds is 0. The Labute approximate surface area is 193 Å². The van der Waals surface area contributed by atoms with Crippen LogP contribution >= 0.6 is 24.4 Å². The highest BCUT2D eigenvalue weighted by Gasteiger charge is 2.11. The smallest absolute Gasteiger partial charge is 0.129 e. The van der Waals surface area contributed by atoms with Gasteiger partial charge in [-0.15, -0.1) is 0 Å². The summed E-state index contributed by atoms with van der Waals surface area (Å²) in [6.07, 6.45) is 0.872. The van der Waals surface area contributed by atoms with Gasteiger partial charge in [0.05, 0.1) is 11.1 Å². The summed E-state index contributed by atoms with van der Waals surface area (Å²) in [5, 5.41) is 6.65. The molecule has 3 aromatic carbocycles. The van der Waals surface area contributed by atoms with Crippen LogP contribution in [0.3, 0.4) is 0 Å². The van der Waals surface area contributed by atoms with Crippen LogP contribution in [-0.4, -0.2) is 23.1 Å². The second-order valence-electron chi connectivity index (χ2n) is 7.25. The summed E-state index contributed by atoms with van der Waals surface area (Å²) in [4.78, 5) is 1.37. The second kappa shape index (κ2) is 10.4. The van der Waals surface area contributed by atoms with Gasteiger partial charge in [0.1, 0.15) is 34.7 Å². The first kappa shape index (κ1) is 21.3. The van der Waals surface area contributed by atoms with Crippen LogP contribution in [0.25, 0.3) is 0 Å². The number of nitrogens with one attached hydrogen (secondary N) is 2. The van der Waals surface area contributed by atoms with E-state index in [0.717, 1.165) is 53.3 Å². The van der Waals surface area contributed by atoms with Crippen LogP contribution in [-0.2, 0) is 13.2 Å². The maximum absolute atomic E-state index is 6.11. The number of thiocarbonyl (C=S) groups is 2. The van der Waals surface area contributed by atoms with Crippen LogP contribution < -0.4 is 20.1 Å². The molecular weight excluding hydrogens is 424 g/mol. The fourth-order valence-electron chi connectivity index (χ4n) is 3.37. The van der Waals surface area contributed by atoms with Gasteiger partial charge in [-0.1, -0.05) is 66.9 Å². The summed E-state index contributed by atoms with van der Waals surface area (Å²) in [6.45, 7) is 2.39. The molecule has 2 bridgehead atoms. The third-order valence-corrected chi connectivity index (χ3v) is 5.70. The zero-order valence-electron chi connectivity index (χ0n) is 17.1. The second-order valence-corrected chi connectivity index (χ2v) is 8.07. The minimum atomic E-state index is 0.456. The SMILES string of the molecule is S=C1NCCCNC(=S)c2ccccc2OCc2cccc(c2)COc2ccccc21. The molecule has 0 fully saturated rings. The molecule has 3 aromatic rings. The number of hydrogen-bond donors (Lipinski definition) is 2. The molecule has 1 aliphatic heterocycles. The molecule has 158 valence electrons. The van der Waals surface area contributed by atoms with Crippen molar-refractivity contribution in [2.45, 2.75) is 19.6 Å². The van der Waals surface area contributed by atoms with Crippen LogP contribution in [0.4, 0.5) is 0 Å². The normalized spacial score (nSPS) is 15.0. The fraction of sp³-hybridized carbons (Fsp3) is 0.200. The van der Waals surface area contributed by atoms with E-state index in [-0.39, 0.29) is 0 Å². The van der Waals surface area contributed by atoms with Crippen molar-refractivity contribution in [2.24, 2.45) is 0 Å². The molecule has 1 heterocycles. The third-order valence-electron chi connectivity index (χ3n) is 4.97. The lowest BCUT2D eigenvalue weighted by atomic mass is 10.1. The molecule has 0 amide bonds. The average molecular weight is 449 g/mol. The molecular formula is C25H24N2O2S2. The molecule has 0 saturated carbocycles. The Hall–Kier alpha value is -2.96. The van der Waals surface area contributed by atoms with Gasteiger partial charge in [-0.2, -0.15) is 0 Å². The maximum atomic E-state index is 6.11. The van der Waals surface area contributed by atoms with E-state index in [4.69, 9.17) is 33.9 Å². The first-order valence-corrected chi connectivity index (χ1v) is 11.1. The molecule has 0 aliphatic carbocycles. The van der Waals surface area contributed by atoms with Crippen LogP contribution in [0.1, 0.15) is 28.7 Å². The van der Waals surface area contributed by atoms with Gasteiger partial charge in [0.2, 0.25) is 0 Å². The first-order valence-electron chi connectivity index (χ1n) is 10.3. The standard InChI is InChI=1S/C25H24N2O2S2/c30-24-20-9-1-3-11-22(20)28-16-18-7-5-8-19(15-18)17-29-23-12-4-2-10-21(23)25(31)27-14-6-13-26-24/h1-5,7-12,15H,6,13-14,16-17H2,(H,26,30)(H,27,31). The quantitative estimate of drug-likeness (QED) is 0.483. The molecule has 4 rings (SSSR count). The van der Waals surface area contributed by atoms with Crippen molar-refractivity contribution in [3.8, 4) is 11.5 Å². The zero-order valence-corrected chi connectivity index (χ0v) is 18.7. The van der Waals surface area contributed by atoms with E-state index in [1.54, 1.807) is 0 Å². The molecule has 0 radical (unpaired) electrons. The highest BCUT2D eigenvalue weighted by Crippen LogP contribution is 2.22. The monoisotopic (exact) mass is 448 g/mol. The molecule has 0 aromatic heterocycles. The van der Waals surface area contributed by atoms with E-state index < -0.39 is 0 Å². The van der Waals surface area contributed by atoms with Gasteiger partial charge >= 0.3 is 0 Å². The Morgan fingerprint density at radius 2 is 1.10 bits per heavy atom. The van der Waals surface area contributed by atoms with Crippen molar-refractivity contribution >= 4 is 34.4 Å². The Morgan fingerprint density at radius 3 is 1.61 bits per heavy atom. The summed E-state index contributed by atoms with van der Waals surface area (Å²) >= 11 is 11.2. The van der Waals surface area contributed by atoms with Gasteiger partial charge in [-0.05, 0) is 47.9 Å². The van der Waals surface area contributed by atoms with E-state index in [1.807, 2.05) is 66.7 Å². The maximum Gasteiger partial charge on any atom is 0.129 e. The van der Waals surface area contributed by atoms with Crippen molar-refractivity contribution in [2.75, 3.05) is 13.1 Å². The van der Waals surface area contributed by atoms with Gasteiger partial charge < -0.3 is 20.1 Å². The molecule has 0 unspecified atom stereocenters. The minimum Gasteiger partial charge on any atom is -0.488 e. The number of hydrogen-bond acceptors (Lipinski definition) is 4. The summed E-state index contributed by atoms with van der Waals surface area (Å²) < 4.78 is 12.2. The summed E-state index contributed by atoms with van der Waals surface area (Å²) in [7, 11) is 0. The predicted molar refractivity (Wildman–Crippen MR) is 132 cm³/mol. The summed E-state index contributed by atoms with van der Waals surface area (Å²) in [5.41, 5.74) is 3.94. The number of para-hydroxylation sites is 2. The largest absolute Gasteiger partial charge is 0.488 e. The summed E-state index contributed by atoms with van der Waals surface area (Å²) in [5.74, 6) is 1.55. The lowest BCUT2D eigenvalue weighted by Gasteiger charge is -2.16. The number of fused-ring (bicyclic) bond motifs is 4. The summed E-state index contributed by atoms with van der Waals surface area (Å²) in [6, 6.07) is 23.9. The molecule has 4 nitrogen and oxygen atoms in total. The topological polar surface area (TPSA) is 42.5 Å². The molecule has 0 atom stereocenters. The van der Waals surface area contributed by atoms with Crippen LogP contribution in [0.2, 0.25) is 0 Å². The van der Waals surface area contributed by atoms with Crippen molar-refractivity contribution in [1.82, 2.24) is 10.6 Å². The Balaban J connectivity index is 1.59. The molecule has 0 spiro atoms. The van der Waals surface area contributed by atoms with E-state index in [9.17, 15) is 0 Å². The zero-order chi connectivity index (χ0) is 21.5. The van der Waals surface area contributed by atoms with Crippen LogP contribution in [0.15, 0.2) is 72.8 Å². The molecule has 1 aliphatic rings. The molecule has 6 heteroatoms. The highest BCUT2D eigenvalue weighted by atomic mass is 32.1. The number of ether oxygens (including phenoxy) is 2. The van der Waals surface area contributed by atoms with Gasteiger partial charge in [-0.3, -0.25) is 0 Å². The average Bonchev–Trinajstić information content (AvgIpc) is 2.81. The van der Waals surface area contributed by atoms with Crippen LogP contribution in [0.5, 0.6) is 11.5 Å². The van der Waals surface area contributed by atoms with E-state index in [1.165, 1.54) is 0 Å². The first-order chi connectivity index (χ1) is 15.2. The van der Waals surface area contributed by atoms with Crippen molar-refractivity contribution in [1.29, 1.82) is 0 Å². The fourth-order valence-corrected chi connectivity index (χ4v) is 3.92. The minimum absolute atomic E-state index is 0.456. The molecule has 31 heavy (non-hydrogen) atoms. The van der Waals surface area contributed by atoms with E-state index in [2.05, 4.69) is 16.7 Å². The Morgan fingerprint density at radius 1 is 0.613 bits per heavy atom. The lowest BCUT2D eigenvalue weighted by molar-refractivity contribution is 0.299. The van der Waals surface area contributed by atoms with E-state index >= 15 is 0 Å². The lowest BCUT2D eigenvalue weighted by Crippen LogP contribution is -2.29. The van der Waals surface area contributed by atoms with Gasteiger partial charge in [0.25, 0.3) is 0 Å². The number of benzene rings is 3. The van der Waals surface area contributed by atoms with Crippen LogP contribution in [0, 0.1) is 0 Å².